The van der Waals surface area contributed by atoms with Crippen LogP contribution in [0.1, 0.15) is 17.3 Å². The number of piperazine rings is 1. The number of carbonyl (C=O) groups excluding carboxylic acids is 1. The van der Waals surface area contributed by atoms with Crippen LogP contribution in [0.25, 0.3) is 0 Å². The van der Waals surface area contributed by atoms with E-state index in [1.165, 1.54) is 7.11 Å². The van der Waals surface area contributed by atoms with Gasteiger partial charge in [-0.15, -0.1) is 5.10 Å². The van der Waals surface area contributed by atoms with Gasteiger partial charge in [0.1, 0.15) is 0 Å². The van der Waals surface area contributed by atoms with Crippen LogP contribution in [0.15, 0.2) is 30.5 Å². The Labute approximate surface area is 146 Å². The molecule has 2 heterocycles. The molecule has 1 saturated heterocycles. The Hall–Kier alpha value is -2.74. The van der Waals surface area contributed by atoms with Crippen molar-refractivity contribution in [2.24, 2.45) is 0 Å². The van der Waals surface area contributed by atoms with E-state index in [9.17, 15) is 4.79 Å². The molecule has 0 radical (unpaired) electrons. The molecular weight excluding hydrogens is 320 g/mol. The summed E-state index contributed by atoms with van der Waals surface area (Å²) in [6.45, 7) is 7.00. The lowest BCUT2D eigenvalue weighted by Gasteiger charge is -2.33. The molecule has 0 amide bonds. The highest BCUT2D eigenvalue weighted by Gasteiger charge is 2.18. The summed E-state index contributed by atoms with van der Waals surface area (Å²) in [4.78, 5) is 20.7. The standard InChI is InChI=1S/C17H22N6O2/c1-3-22-7-9-23(10-8-22)17-20-15(12-18-21-17)19-14-6-4-5-13(11-14)16(24)25-2/h4-6,11-12H,3,7-10H2,1-2H3,(H,19,20,21). The third kappa shape index (κ3) is 4.21. The van der Waals surface area contributed by atoms with Crippen molar-refractivity contribution >= 4 is 23.4 Å². The number of hydrogen-bond donors (Lipinski definition) is 1. The van der Waals surface area contributed by atoms with Gasteiger partial charge in [-0.25, -0.2) is 4.79 Å². The predicted molar refractivity (Wildman–Crippen MR) is 95.2 cm³/mol. The predicted octanol–water partition coefficient (Wildman–Crippen LogP) is 1.54. The summed E-state index contributed by atoms with van der Waals surface area (Å²) in [5, 5.41) is 11.4. The summed E-state index contributed by atoms with van der Waals surface area (Å²) in [5.41, 5.74) is 1.22. The fourth-order valence-corrected chi connectivity index (χ4v) is 2.74. The molecule has 0 unspecified atom stereocenters. The summed E-state index contributed by atoms with van der Waals surface area (Å²) in [6.07, 6.45) is 1.57. The molecule has 3 rings (SSSR count). The fourth-order valence-electron chi connectivity index (χ4n) is 2.74. The minimum atomic E-state index is -0.376. The van der Waals surface area contributed by atoms with E-state index in [1.807, 2.05) is 6.07 Å². The van der Waals surface area contributed by atoms with Crippen LogP contribution in [0.5, 0.6) is 0 Å². The Morgan fingerprint density at radius 1 is 1.28 bits per heavy atom. The van der Waals surface area contributed by atoms with Crippen molar-refractivity contribution in [1.29, 1.82) is 0 Å². The molecule has 132 valence electrons. The van der Waals surface area contributed by atoms with Gasteiger partial charge in [-0.3, -0.25) is 0 Å². The minimum Gasteiger partial charge on any atom is -0.465 e. The lowest BCUT2D eigenvalue weighted by atomic mass is 10.2. The Kier molecular flexibility index (Phi) is 5.39. The van der Waals surface area contributed by atoms with Crippen molar-refractivity contribution in [2.75, 3.05) is 50.1 Å². The van der Waals surface area contributed by atoms with Gasteiger partial charge in [-0.1, -0.05) is 13.0 Å². The number of nitrogens with one attached hydrogen (secondary N) is 1. The van der Waals surface area contributed by atoms with Gasteiger partial charge < -0.3 is 19.9 Å². The highest BCUT2D eigenvalue weighted by molar-refractivity contribution is 5.90. The van der Waals surface area contributed by atoms with Crippen LogP contribution in [0.4, 0.5) is 17.5 Å². The van der Waals surface area contributed by atoms with Crippen molar-refractivity contribution in [3.63, 3.8) is 0 Å². The Morgan fingerprint density at radius 3 is 2.80 bits per heavy atom. The zero-order valence-corrected chi connectivity index (χ0v) is 14.5. The second-order valence-electron chi connectivity index (χ2n) is 5.76. The molecule has 25 heavy (non-hydrogen) atoms. The first-order valence-corrected chi connectivity index (χ1v) is 8.32. The maximum absolute atomic E-state index is 11.6. The molecule has 1 aromatic carbocycles. The average molecular weight is 342 g/mol. The molecule has 0 atom stereocenters. The highest BCUT2D eigenvalue weighted by atomic mass is 16.5. The molecule has 8 heteroatoms. The van der Waals surface area contributed by atoms with Crippen molar-refractivity contribution in [1.82, 2.24) is 20.1 Å². The van der Waals surface area contributed by atoms with E-state index in [-0.39, 0.29) is 5.97 Å². The molecule has 2 aromatic rings. The van der Waals surface area contributed by atoms with Crippen LogP contribution < -0.4 is 10.2 Å². The quantitative estimate of drug-likeness (QED) is 0.820. The minimum absolute atomic E-state index is 0.376. The molecule has 1 aliphatic rings. The van der Waals surface area contributed by atoms with Crippen molar-refractivity contribution in [3.8, 4) is 0 Å². The van der Waals surface area contributed by atoms with Crippen LogP contribution in [0.3, 0.4) is 0 Å². The van der Waals surface area contributed by atoms with E-state index >= 15 is 0 Å². The highest BCUT2D eigenvalue weighted by Crippen LogP contribution is 2.18. The summed E-state index contributed by atoms with van der Waals surface area (Å²) in [7, 11) is 1.36. The van der Waals surface area contributed by atoms with Gasteiger partial charge in [0.25, 0.3) is 0 Å². The number of benzene rings is 1. The smallest absolute Gasteiger partial charge is 0.337 e. The summed E-state index contributed by atoms with van der Waals surface area (Å²) < 4.78 is 4.74. The monoisotopic (exact) mass is 342 g/mol. The fraction of sp³-hybridized carbons (Fsp3) is 0.412. The molecule has 0 bridgehead atoms. The SMILES string of the molecule is CCN1CCN(c2nncc(Nc3cccc(C(=O)OC)c3)n2)CC1. The second kappa shape index (κ2) is 7.89. The zero-order valence-electron chi connectivity index (χ0n) is 14.5. The van der Waals surface area contributed by atoms with Crippen molar-refractivity contribution in [2.45, 2.75) is 6.92 Å². The molecule has 0 aliphatic carbocycles. The normalized spacial score (nSPS) is 15.0. The van der Waals surface area contributed by atoms with Gasteiger partial charge in [0.2, 0.25) is 5.95 Å². The van der Waals surface area contributed by atoms with Crippen LogP contribution in [0.2, 0.25) is 0 Å². The van der Waals surface area contributed by atoms with E-state index in [4.69, 9.17) is 4.74 Å². The number of ether oxygens (including phenoxy) is 1. The van der Waals surface area contributed by atoms with Gasteiger partial charge in [0.15, 0.2) is 5.82 Å². The molecule has 0 spiro atoms. The van der Waals surface area contributed by atoms with Gasteiger partial charge in [-0.2, -0.15) is 10.1 Å². The second-order valence-corrected chi connectivity index (χ2v) is 5.76. The maximum Gasteiger partial charge on any atom is 0.337 e. The third-order valence-electron chi connectivity index (χ3n) is 4.21. The van der Waals surface area contributed by atoms with Crippen LogP contribution in [-0.2, 0) is 4.74 Å². The van der Waals surface area contributed by atoms with Gasteiger partial charge in [0, 0.05) is 31.9 Å². The topological polar surface area (TPSA) is 83.5 Å². The molecule has 1 N–H and O–H groups in total. The molecule has 1 aliphatic heterocycles. The van der Waals surface area contributed by atoms with Gasteiger partial charge in [0.05, 0.1) is 18.9 Å². The van der Waals surface area contributed by atoms with Crippen molar-refractivity contribution < 1.29 is 9.53 Å². The number of methoxy groups -OCH3 is 1. The van der Waals surface area contributed by atoms with E-state index in [0.717, 1.165) is 38.4 Å². The number of aromatic nitrogens is 3. The average Bonchev–Trinajstić information content (AvgIpc) is 2.68. The molecule has 1 fully saturated rings. The first-order valence-electron chi connectivity index (χ1n) is 8.32. The van der Waals surface area contributed by atoms with E-state index in [0.29, 0.717) is 17.3 Å². The van der Waals surface area contributed by atoms with E-state index < -0.39 is 0 Å². The first-order chi connectivity index (χ1) is 12.2. The summed E-state index contributed by atoms with van der Waals surface area (Å²) in [6, 6.07) is 7.06. The molecule has 0 saturated carbocycles. The number of esters is 1. The lowest BCUT2D eigenvalue weighted by Crippen LogP contribution is -2.46. The number of anilines is 3. The summed E-state index contributed by atoms with van der Waals surface area (Å²) >= 11 is 0. The van der Waals surface area contributed by atoms with Crippen LogP contribution >= 0.6 is 0 Å². The largest absolute Gasteiger partial charge is 0.465 e. The van der Waals surface area contributed by atoms with Gasteiger partial charge in [-0.05, 0) is 24.7 Å². The van der Waals surface area contributed by atoms with Crippen LogP contribution in [-0.4, -0.2) is 65.9 Å². The zero-order chi connectivity index (χ0) is 17.6. The van der Waals surface area contributed by atoms with Crippen LogP contribution in [0, 0.1) is 0 Å². The molecular formula is C17H22N6O2. The first kappa shape index (κ1) is 17.1. The Balaban J connectivity index is 1.71. The lowest BCUT2D eigenvalue weighted by molar-refractivity contribution is 0.0601. The number of hydrogen-bond acceptors (Lipinski definition) is 8. The Bertz CT molecular complexity index is 731. The number of carbonyl (C=O) groups is 1. The maximum atomic E-state index is 11.6. The third-order valence-corrected chi connectivity index (χ3v) is 4.21. The number of nitrogens with zero attached hydrogens (tertiary/aromatic N) is 5. The molecule has 1 aromatic heterocycles. The Morgan fingerprint density at radius 2 is 2.08 bits per heavy atom. The summed E-state index contributed by atoms with van der Waals surface area (Å²) in [5.74, 6) is 0.828. The number of rotatable bonds is 5. The van der Waals surface area contributed by atoms with Gasteiger partial charge >= 0.3 is 5.97 Å². The van der Waals surface area contributed by atoms with E-state index in [1.54, 1.807) is 24.4 Å². The van der Waals surface area contributed by atoms with Crippen molar-refractivity contribution in [3.05, 3.63) is 36.0 Å². The van der Waals surface area contributed by atoms with E-state index in [2.05, 4.69) is 37.2 Å². The molecule has 8 nitrogen and oxygen atoms in total. The number of likely N-dealkylation sites (N-methyl/N-ethyl adjacent to an activating group) is 1.